The van der Waals surface area contributed by atoms with E-state index in [-0.39, 0.29) is 59.7 Å². The lowest BCUT2D eigenvalue weighted by molar-refractivity contribution is -0.141. The van der Waals surface area contributed by atoms with E-state index in [0.717, 1.165) is 23.5 Å². The smallest absolute Gasteiger partial charge is 0.306 e. The van der Waals surface area contributed by atoms with Crippen molar-refractivity contribution in [2.24, 2.45) is 11.5 Å². The molecule has 0 aliphatic carbocycles. The molecule has 0 aromatic heterocycles. The summed E-state index contributed by atoms with van der Waals surface area (Å²) in [5.74, 6) is -0.501. The zero-order valence-electron chi connectivity index (χ0n) is 17.9. The number of ether oxygens (including phenoxy) is 2. The van der Waals surface area contributed by atoms with Gasteiger partial charge in [0, 0.05) is 37.2 Å². The SMILES string of the molecule is CCC(N)=O.CCC(N)=O.COC(=O)CCSC(=O)CCC(=O)SCCC(=O)OC. The fourth-order valence-corrected chi connectivity index (χ4v) is 2.53. The van der Waals surface area contributed by atoms with Gasteiger partial charge in [-0.25, -0.2) is 0 Å². The van der Waals surface area contributed by atoms with Gasteiger partial charge in [0.1, 0.15) is 0 Å². The Hall–Kier alpha value is -2.08. The molecule has 0 aliphatic rings. The first-order valence-corrected chi connectivity index (χ1v) is 11.0. The summed E-state index contributed by atoms with van der Waals surface area (Å²) in [6, 6.07) is 0. The second-order valence-corrected chi connectivity index (χ2v) is 7.54. The van der Waals surface area contributed by atoms with Crippen LogP contribution in [0.2, 0.25) is 0 Å². The Bertz CT molecular complexity index is 508. The third kappa shape index (κ3) is 30.6. The minimum absolute atomic E-state index is 0.129. The summed E-state index contributed by atoms with van der Waals surface area (Å²) >= 11 is 2.04. The van der Waals surface area contributed by atoms with Crippen LogP contribution in [0, 0.1) is 0 Å². The normalized spacial score (nSPS) is 9.07. The number of methoxy groups -OCH3 is 2. The van der Waals surface area contributed by atoms with Gasteiger partial charge >= 0.3 is 11.9 Å². The molecule has 0 aliphatic heterocycles. The number of thioether (sulfide) groups is 2. The zero-order valence-corrected chi connectivity index (χ0v) is 19.5. The predicted molar refractivity (Wildman–Crippen MR) is 116 cm³/mol. The van der Waals surface area contributed by atoms with Crippen LogP contribution in [-0.2, 0) is 38.2 Å². The average Bonchev–Trinajstić information content (AvgIpc) is 2.72. The fourth-order valence-electron chi connectivity index (χ4n) is 1.05. The molecule has 0 radical (unpaired) electrons. The van der Waals surface area contributed by atoms with Crippen molar-refractivity contribution < 1.29 is 38.2 Å². The van der Waals surface area contributed by atoms with Crippen molar-refractivity contribution in [3.05, 3.63) is 0 Å². The molecule has 0 saturated heterocycles. The molecule has 0 fully saturated rings. The quantitative estimate of drug-likeness (QED) is 0.419. The van der Waals surface area contributed by atoms with Crippen molar-refractivity contribution in [1.82, 2.24) is 0 Å². The largest absolute Gasteiger partial charge is 0.469 e. The second-order valence-electron chi connectivity index (χ2n) is 5.23. The van der Waals surface area contributed by atoms with Crippen LogP contribution in [-0.4, -0.2) is 59.7 Å². The molecule has 0 spiro atoms. The number of carbonyl (C=O) groups is 6. The Morgan fingerprint density at radius 1 is 0.633 bits per heavy atom. The molecular formula is C18H32N2O8S2. The molecule has 174 valence electrons. The van der Waals surface area contributed by atoms with Crippen LogP contribution in [0.5, 0.6) is 0 Å². The summed E-state index contributed by atoms with van der Waals surface area (Å²) in [7, 11) is 2.58. The molecule has 10 nitrogen and oxygen atoms in total. The number of nitrogens with two attached hydrogens (primary N) is 2. The second kappa shape index (κ2) is 23.2. The molecule has 2 amide bonds. The molecule has 0 unspecified atom stereocenters. The molecule has 30 heavy (non-hydrogen) atoms. The summed E-state index contributed by atoms with van der Waals surface area (Å²) in [5, 5.41) is -0.258. The third-order valence-corrected chi connectivity index (χ3v) is 4.69. The lowest BCUT2D eigenvalue weighted by Crippen LogP contribution is -2.06. The Labute approximate surface area is 185 Å². The van der Waals surface area contributed by atoms with Gasteiger partial charge in [0.15, 0.2) is 10.2 Å². The highest BCUT2D eigenvalue weighted by atomic mass is 32.2. The van der Waals surface area contributed by atoms with Gasteiger partial charge in [-0.1, -0.05) is 37.4 Å². The lowest BCUT2D eigenvalue weighted by Gasteiger charge is -2.01. The molecule has 0 aromatic rings. The molecule has 0 saturated carbocycles. The maximum absolute atomic E-state index is 11.4. The van der Waals surface area contributed by atoms with Crippen LogP contribution in [0.3, 0.4) is 0 Å². The standard InChI is InChI=1S/C12H18O6S2.2C3H7NO/c1-17-9(13)5-7-19-11(15)3-4-12(16)20-8-6-10(14)18-2;2*1-2-3(4)5/h3-8H2,1-2H3;2*2H2,1H3,(H2,4,5). The van der Waals surface area contributed by atoms with E-state index in [4.69, 9.17) is 0 Å². The summed E-state index contributed by atoms with van der Waals surface area (Å²) in [5.41, 5.74) is 9.31. The van der Waals surface area contributed by atoms with E-state index >= 15 is 0 Å². The van der Waals surface area contributed by atoms with Gasteiger partial charge in [-0.2, -0.15) is 0 Å². The minimum atomic E-state index is -0.361. The van der Waals surface area contributed by atoms with Crippen LogP contribution in [0.25, 0.3) is 0 Å². The number of hydrogen-bond acceptors (Lipinski definition) is 10. The van der Waals surface area contributed by atoms with Crippen molar-refractivity contribution in [3.63, 3.8) is 0 Å². The van der Waals surface area contributed by atoms with E-state index in [2.05, 4.69) is 20.9 Å². The Kier molecular flexibility index (Phi) is 25.2. The van der Waals surface area contributed by atoms with E-state index in [9.17, 15) is 28.8 Å². The number of amides is 2. The van der Waals surface area contributed by atoms with Crippen molar-refractivity contribution in [2.45, 2.75) is 52.4 Å². The molecular weight excluding hydrogens is 436 g/mol. The van der Waals surface area contributed by atoms with Crippen LogP contribution >= 0.6 is 23.5 Å². The lowest BCUT2D eigenvalue weighted by atomic mass is 10.4. The van der Waals surface area contributed by atoms with Crippen molar-refractivity contribution in [2.75, 3.05) is 25.7 Å². The van der Waals surface area contributed by atoms with E-state index in [1.54, 1.807) is 13.8 Å². The molecule has 12 heteroatoms. The maximum atomic E-state index is 11.4. The van der Waals surface area contributed by atoms with Gasteiger partial charge in [0.25, 0.3) is 0 Å². The predicted octanol–water partition coefficient (Wildman–Crippen LogP) is 1.18. The topological polar surface area (TPSA) is 173 Å². The number of carbonyl (C=O) groups excluding carboxylic acids is 6. The van der Waals surface area contributed by atoms with E-state index in [1.165, 1.54) is 14.2 Å². The highest BCUT2D eigenvalue weighted by Crippen LogP contribution is 2.14. The molecule has 0 heterocycles. The summed E-state index contributed by atoms with van der Waals surface area (Å²) in [6.45, 7) is 3.45. The highest BCUT2D eigenvalue weighted by molar-refractivity contribution is 8.14. The number of hydrogen-bond donors (Lipinski definition) is 2. The first-order valence-electron chi connectivity index (χ1n) is 9.05. The maximum Gasteiger partial charge on any atom is 0.306 e. The van der Waals surface area contributed by atoms with Crippen molar-refractivity contribution in [3.8, 4) is 0 Å². The van der Waals surface area contributed by atoms with Crippen LogP contribution in [0.1, 0.15) is 52.4 Å². The summed E-state index contributed by atoms with van der Waals surface area (Å²) in [4.78, 5) is 63.7. The number of rotatable bonds is 11. The number of esters is 2. The van der Waals surface area contributed by atoms with E-state index < -0.39 is 0 Å². The van der Waals surface area contributed by atoms with Crippen molar-refractivity contribution >= 4 is 57.5 Å². The van der Waals surface area contributed by atoms with Gasteiger partial charge in [-0.15, -0.1) is 0 Å². The summed E-state index contributed by atoms with van der Waals surface area (Å²) in [6.07, 6.45) is 1.51. The van der Waals surface area contributed by atoms with E-state index in [0.29, 0.717) is 24.3 Å². The molecule has 0 aromatic carbocycles. The molecule has 4 N–H and O–H groups in total. The van der Waals surface area contributed by atoms with Crippen LogP contribution in [0.4, 0.5) is 0 Å². The van der Waals surface area contributed by atoms with Crippen molar-refractivity contribution in [1.29, 1.82) is 0 Å². The zero-order chi connectivity index (χ0) is 23.9. The monoisotopic (exact) mass is 468 g/mol. The fraction of sp³-hybridized carbons (Fsp3) is 0.667. The number of primary amides is 2. The van der Waals surface area contributed by atoms with Crippen LogP contribution < -0.4 is 11.5 Å². The summed E-state index contributed by atoms with van der Waals surface area (Å²) < 4.78 is 8.89. The third-order valence-electron chi connectivity index (χ3n) is 2.82. The van der Waals surface area contributed by atoms with Gasteiger partial charge in [-0.3, -0.25) is 28.8 Å². The van der Waals surface area contributed by atoms with Crippen LogP contribution in [0.15, 0.2) is 0 Å². The average molecular weight is 469 g/mol. The minimum Gasteiger partial charge on any atom is -0.469 e. The first kappa shape index (κ1) is 32.6. The first-order chi connectivity index (χ1) is 14.0. The molecule has 0 bridgehead atoms. The van der Waals surface area contributed by atoms with Gasteiger partial charge in [-0.05, 0) is 0 Å². The van der Waals surface area contributed by atoms with Gasteiger partial charge in [0.2, 0.25) is 11.8 Å². The van der Waals surface area contributed by atoms with E-state index in [1.807, 2.05) is 0 Å². The molecule has 0 atom stereocenters. The molecule has 0 rings (SSSR count). The Morgan fingerprint density at radius 2 is 0.900 bits per heavy atom. The van der Waals surface area contributed by atoms with Gasteiger partial charge in [0.05, 0.1) is 27.1 Å². The highest BCUT2D eigenvalue weighted by Gasteiger charge is 2.10. The van der Waals surface area contributed by atoms with Gasteiger partial charge < -0.3 is 20.9 Å². The Morgan fingerprint density at radius 3 is 1.10 bits per heavy atom. The Balaban J connectivity index is -0.000000599.